The normalized spacial score (nSPS) is 16.3. The van der Waals surface area contributed by atoms with E-state index in [9.17, 15) is 4.79 Å². The lowest BCUT2D eigenvalue weighted by Crippen LogP contribution is -2.27. The van der Waals surface area contributed by atoms with Crippen molar-refractivity contribution in [2.24, 2.45) is 5.92 Å². The van der Waals surface area contributed by atoms with Gasteiger partial charge in [-0.05, 0) is 31.4 Å². The minimum atomic E-state index is -1.000. The average molecular weight is 209 g/mol. The Balaban J connectivity index is 1.81. The van der Waals surface area contributed by atoms with Gasteiger partial charge in [-0.3, -0.25) is 0 Å². The lowest BCUT2D eigenvalue weighted by atomic mass is 9.85. The van der Waals surface area contributed by atoms with Gasteiger partial charge in [-0.15, -0.1) is 0 Å². The Morgan fingerprint density at radius 1 is 1.60 bits per heavy atom. The van der Waals surface area contributed by atoms with Crippen LogP contribution < -0.4 is 5.32 Å². The summed E-state index contributed by atoms with van der Waals surface area (Å²) in [6, 6.07) is 1.71. The predicted molar refractivity (Wildman–Crippen MR) is 54.7 cm³/mol. The Bertz CT molecular complexity index is 341. The number of nitrogens with one attached hydrogen (secondary N) is 1. The average Bonchev–Trinajstić information content (AvgIpc) is 2.57. The molecule has 1 aliphatic rings. The van der Waals surface area contributed by atoms with E-state index in [0.29, 0.717) is 6.54 Å². The molecule has 1 aliphatic carbocycles. The van der Waals surface area contributed by atoms with Crippen molar-refractivity contribution in [3.05, 3.63) is 23.7 Å². The molecule has 2 rings (SSSR count). The van der Waals surface area contributed by atoms with Crippen LogP contribution in [0.25, 0.3) is 0 Å². The topological polar surface area (TPSA) is 62.5 Å². The second-order valence-electron chi connectivity index (χ2n) is 4.01. The molecule has 4 heteroatoms. The SMILES string of the molecule is O=C(O)c1occc1CNCC1CCC1. The Morgan fingerprint density at radius 3 is 3.00 bits per heavy atom. The molecule has 1 aromatic heterocycles. The van der Waals surface area contributed by atoms with Gasteiger partial charge in [0, 0.05) is 12.1 Å². The summed E-state index contributed by atoms with van der Waals surface area (Å²) in [4.78, 5) is 10.7. The Kier molecular flexibility index (Phi) is 3.06. The van der Waals surface area contributed by atoms with Crippen LogP contribution in [0, 0.1) is 5.92 Å². The van der Waals surface area contributed by atoms with Crippen molar-refractivity contribution in [1.82, 2.24) is 5.32 Å². The smallest absolute Gasteiger partial charge is 0.372 e. The maximum Gasteiger partial charge on any atom is 0.372 e. The van der Waals surface area contributed by atoms with Gasteiger partial charge in [-0.1, -0.05) is 6.42 Å². The fourth-order valence-electron chi connectivity index (χ4n) is 1.77. The van der Waals surface area contributed by atoms with Crippen LogP contribution in [-0.2, 0) is 6.54 Å². The highest BCUT2D eigenvalue weighted by molar-refractivity contribution is 5.86. The first kappa shape index (κ1) is 10.2. The molecule has 0 aromatic carbocycles. The van der Waals surface area contributed by atoms with Crippen molar-refractivity contribution in [1.29, 1.82) is 0 Å². The molecule has 0 spiro atoms. The standard InChI is InChI=1S/C11H15NO3/c13-11(14)10-9(4-5-15-10)7-12-6-8-2-1-3-8/h4-5,8,12H,1-3,6-7H2,(H,13,14). The van der Waals surface area contributed by atoms with E-state index in [-0.39, 0.29) is 5.76 Å². The summed E-state index contributed by atoms with van der Waals surface area (Å²) >= 11 is 0. The fraction of sp³-hybridized carbons (Fsp3) is 0.545. The summed E-state index contributed by atoms with van der Waals surface area (Å²) in [5.74, 6) is -0.165. The Morgan fingerprint density at radius 2 is 2.40 bits per heavy atom. The molecule has 2 N–H and O–H groups in total. The van der Waals surface area contributed by atoms with Crippen molar-refractivity contribution >= 4 is 5.97 Å². The highest BCUT2D eigenvalue weighted by Crippen LogP contribution is 2.25. The summed E-state index contributed by atoms with van der Waals surface area (Å²) in [5, 5.41) is 12.1. The van der Waals surface area contributed by atoms with E-state index in [2.05, 4.69) is 5.32 Å². The van der Waals surface area contributed by atoms with Crippen molar-refractivity contribution in [2.45, 2.75) is 25.8 Å². The number of furan rings is 1. The lowest BCUT2D eigenvalue weighted by Gasteiger charge is -2.25. The van der Waals surface area contributed by atoms with Crippen molar-refractivity contribution in [2.75, 3.05) is 6.54 Å². The van der Waals surface area contributed by atoms with Crippen molar-refractivity contribution < 1.29 is 14.3 Å². The second-order valence-corrected chi connectivity index (χ2v) is 4.01. The molecule has 0 saturated heterocycles. The Labute approximate surface area is 88.3 Å². The van der Waals surface area contributed by atoms with Crippen LogP contribution in [0.3, 0.4) is 0 Å². The number of aromatic carboxylic acids is 1. The molecular weight excluding hydrogens is 194 g/mol. The molecule has 1 fully saturated rings. The predicted octanol–water partition coefficient (Wildman–Crippen LogP) is 1.87. The number of carbonyl (C=O) groups is 1. The first-order valence-electron chi connectivity index (χ1n) is 5.27. The molecular formula is C11H15NO3. The molecule has 4 nitrogen and oxygen atoms in total. The fourth-order valence-corrected chi connectivity index (χ4v) is 1.77. The summed E-state index contributed by atoms with van der Waals surface area (Å²) in [5.41, 5.74) is 0.724. The van der Waals surface area contributed by atoms with Crippen LogP contribution in [0.5, 0.6) is 0 Å². The number of carboxylic acids is 1. The third kappa shape index (κ3) is 2.39. The number of hydrogen-bond acceptors (Lipinski definition) is 3. The van der Waals surface area contributed by atoms with E-state index >= 15 is 0 Å². The molecule has 1 aromatic rings. The zero-order valence-corrected chi connectivity index (χ0v) is 8.53. The molecule has 1 heterocycles. The van der Waals surface area contributed by atoms with Gasteiger partial charge in [0.15, 0.2) is 0 Å². The van der Waals surface area contributed by atoms with E-state index in [4.69, 9.17) is 9.52 Å². The summed E-state index contributed by atoms with van der Waals surface area (Å²) < 4.78 is 4.88. The van der Waals surface area contributed by atoms with Gasteiger partial charge in [-0.25, -0.2) is 4.79 Å². The number of rotatable bonds is 5. The van der Waals surface area contributed by atoms with Crippen LogP contribution in [0.2, 0.25) is 0 Å². The van der Waals surface area contributed by atoms with E-state index in [0.717, 1.165) is 18.0 Å². The molecule has 0 unspecified atom stereocenters. The van der Waals surface area contributed by atoms with Gasteiger partial charge < -0.3 is 14.8 Å². The van der Waals surface area contributed by atoms with Crippen LogP contribution in [0.4, 0.5) is 0 Å². The Hall–Kier alpha value is -1.29. The largest absolute Gasteiger partial charge is 0.475 e. The van der Waals surface area contributed by atoms with Gasteiger partial charge in [0.1, 0.15) is 0 Å². The zero-order chi connectivity index (χ0) is 10.7. The monoisotopic (exact) mass is 209 g/mol. The minimum Gasteiger partial charge on any atom is -0.475 e. The maximum absolute atomic E-state index is 10.7. The van der Waals surface area contributed by atoms with Crippen LogP contribution in [0.1, 0.15) is 35.4 Å². The lowest BCUT2D eigenvalue weighted by molar-refractivity contribution is 0.0660. The van der Waals surface area contributed by atoms with E-state index < -0.39 is 5.97 Å². The van der Waals surface area contributed by atoms with Crippen LogP contribution >= 0.6 is 0 Å². The number of carboxylic acid groups (broad SMARTS) is 1. The quantitative estimate of drug-likeness (QED) is 0.777. The summed E-state index contributed by atoms with van der Waals surface area (Å²) in [7, 11) is 0. The highest BCUT2D eigenvalue weighted by Gasteiger charge is 2.17. The van der Waals surface area contributed by atoms with Gasteiger partial charge >= 0.3 is 5.97 Å². The molecule has 1 saturated carbocycles. The molecule has 0 amide bonds. The molecule has 0 aliphatic heterocycles. The van der Waals surface area contributed by atoms with Gasteiger partial charge in [-0.2, -0.15) is 0 Å². The first-order valence-corrected chi connectivity index (χ1v) is 5.27. The molecule has 0 bridgehead atoms. The summed E-state index contributed by atoms with van der Waals surface area (Å²) in [6.45, 7) is 1.55. The minimum absolute atomic E-state index is 0.0520. The third-order valence-corrected chi connectivity index (χ3v) is 2.91. The maximum atomic E-state index is 10.7. The molecule has 0 radical (unpaired) electrons. The van der Waals surface area contributed by atoms with Crippen LogP contribution in [0.15, 0.2) is 16.7 Å². The van der Waals surface area contributed by atoms with E-state index in [1.54, 1.807) is 6.07 Å². The first-order chi connectivity index (χ1) is 7.27. The van der Waals surface area contributed by atoms with Crippen LogP contribution in [-0.4, -0.2) is 17.6 Å². The highest BCUT2D eigenvalue weighted by atomic mass is 16.4. The summed E-state index contributed by atoms with van der Waals surface area (Å²) in [6.07, 6.45) is 5.34. The third-order valence-electron chi connectivity index (χ3n) is 2.91. The molecule has 82 valence electrons. The van der Waals surface area contributed by atoms with Gasteiger partial charge in [0.25, 0.3) is 0 Å². The van der Waals surface area contributed by atoms with E-state index in [1.807, 2.05) is 0 Å². The van der Waals surface area contributed by atoms with Gasteiger partial charge in [0.2, 0.25) is 5.76 Å². The molecule has 15 heavy (non-hydrogen) atoms. The number of hydrogen-bond donors (Lipinski definition) is 2. The molecule has 0 atom stereocenters. The van der Waals surface area contributed by atoms with Crippen molar-refractivity contribution in [3.63, 3.8) is 0 Å². The second kappa shape index (κ2) is 4.49. The van der Waals surface area contributed by atoms with Gasteiger partial charge in [0.05, 0.1) is 6.26 Å². The van der Waals surface area contributed by atoms with E-state index in [1.165, 1.54) is 25.5 Å². The zero-order valence-electron chi connectivity index (χ0n) is 8.53. The van der Waals surface area contributed by atoms with Crippen molar-refractivity contribution in [3.8, 4) is 0 Å².